The number of aryl methyl sites for hydroxylation is 1. The Balaban J connectivity index is 2.73. The van der Waals surface area contributed by atoms with Crippen molar-refractivity contribution in [3.05, 3.63) is 11.9 Å². The molecule has 0 saturated carbocycles. The Morgan fingerprint density at radius 2 is 2.29 bits per heavy atom. The first-order valence-corrected chi connectivity index (χ1v) is 7.87. The molecule has 98 valence electrons. The molecule has 1 rings (SSSR count). The van der Waals surface area contributed by atoms with Gasteiger partial charge in [0, 0.05) is 12.3 Å². The molecule has 0 aliphatic carbocycles. The van der Waals surface area contributed by atoms with Crippen LogP contribution in [0.1, 0.15) is 12.6 Å². The minimum absolute atomic E-state index is 0.0270. The number of nitrogens with one attached hydrogen (secondary N) is 2. The molecule has 0 aromatic carbocycles. The van der Waals surface area contributed by atoms with Gasteiger partial charge in [-0.1, -0.05) is 0 Å². The third-order valence-corrected chi connectivity index (χ3v) is 4.60. The number of nitrogens with zero attached hydrogens (tertiary/aromatic N) is 1. The molecule has 6 nitrogen and oxygen atoms in total. The van der Waals surface area contributed by atoms with E-state index < -0.39 is 15.6 Å². The van der Waals surface area contributed by atoms with Gasteiger partial charge < -0.3 is 5.11 Å². The molecule has 0 saturated heterocycles. The Kier molecular flexibility index (Phi) is 4.59. The van der Waals surface area contributed by atoms with Crippen molar-refractivity contribution >= 4 is 21.8 Å². The number of aliphatic hydroxyl groups is 1. The fraction of sp³-hybridized carbons (Fsp3) is 0.667. The normalized spacial score (nSPS) is 15.8. The van der Waals surface area contributed by atoms with Crippen LogP contribution in [0.4, 0.5) is 0 Å². The van der Waals surface area contributed by atoms with Crippen molar-refractivity contribution in [3.8, 4) is 0 Å². The molecule has 1 atom stereocenters. The molecule has 0 spiro atoms. The molecule has 1 unspecified atom stereocenters. The zero-order chi connectivity index (χ0) is 13.1. The number of thioether (sulfide) groups is 1. The molecule has 0 bridgehead atoms. The van der Waals surface area contributed by atoms with E-state index in [4.69, 9.17) is 0 Å². The van der Waals surface area contributed by atoms with E-state index in [0.717, 1.165) is 0 Å². The van der Waals surface area contributed by atoms with Crippen molar-refractivity contribution in [2.24, 2.45) is 0 Å². The van der Waals surface area contributed by atoms with Crippen molar-refractivity contribution in [1.29, 1.82) is 0 Å². The van der Waals surface area contributed by atoms with Gasteiger partial charge in [-0.05, 0) is 20.1 Å². The van der Waals surface area contributed by atoms with Crippen molar-refractivity contribution in [3.63, 3.8) is 0 Å². The number of rotatable bonds is 6. The molecular weight excluding hydrogens is 262 g/mol. The molecule has 0 fully saturated rings. The van der Waals surface area contributed by atoms with E-state index in [1.807, 2.05) is 6.26 Å². The lowest BCUT2D eigenvalue weighted by Crippen LogP contribution is -2.42. The second kappa shape index (κ2) is 5.38. The van der Waals surface area contributed by atoms with Crippen LogP contribution in [0, 0.1) is 6.92 Å². The van der Waals surface area contributed by atoms with Gasteiger partial charge in [0.05, 0.1) is 17.5 Å². The fourth-order valence-corrected chi connectivity index (χ4v) is 3.32. The summed E-state index contributed by atoms with van der Waals surface area (Å²) in [5.41, 5.74) is -0.591. The van der Waals surface area contributed by atoms with Crippen LogP contribution in [-0.2, 0) is 10.0 Å². The number of sulfonamides is 1. The molecule has 0 aliphatic heterocycles. The van der Waals surface area contributed by atoms with Crippen LogP contribution < -0.4 is 4.72 Å². The van der Waals surface area contributed by atoms with E-state index in [9.17, 15) is 13.5 Å². The Labute approximate surface area is 105 Å². The zero-order valence-corrected chi connectivity index (χ0v) is 11.7. The average Bonchev–Trinajstić information content (AvgIpc) is 2.63. The summed E-state index contributed by atoms with van der Waals surface area (Å²) in [6, 6.07) is 0. The van der Waals surface area contributed by atoms with Gasteiger partial charge in [-0.25, -0.2) is 13.1 Å². The maximum absolute atomic E-state index is 11.9. The van der Waals surface area contributed by atoms with Crippen LogP contribution in [0.5, 0.6) is 0 Å². The molecule has 0 radical (unpaired) electrons. The predicted molar refractivity (Wildman–Crippen MR) is 67.5 cm³/mol. The molecule has 8 heteroatoms. The van der Waals surface area contributed by atoms with Crippen molar-refractivity contribution in [2.45, 2.75) is 24.3 Å². The summed E-state index contributed by atoms with van der Waals surface area (Å²) >= 11 is 1.46. The molecule has 3 N–H and O–H groups in total. The van der Waals surface area contributed by atoms with Crippen LogP contribution in [0.15, 0.2) is 11.1 Å². The number of H-pyrrole nitrogens is 1. The minimum atomic E-state index is -3.61. The highest BCUT2D eigenvalue weighted by Crippen LogP contribution is 2.13. The summed E-state index contributed by atoms with van der Waals surface area (Å²) in [5, 5.41) is 16.1. The maximum atomic E-state index is 11.9. The summed E-state index contributed by atoms with van der Waals surface area (Å²) in [7, 11) is -3.61. The van der Waals surface area contributed by atoms with Gasteiger partial charge in [0.25, 0.3) is 0 Å². The van der Waals surface area contributed by atoms with E-state index in [2.05, 4.69) is 14.9 Å². The van der Waals surface area contributed by atoms with Crippen LogP contribution in [0.25, 0.3) is 0 Å². The largest absolute Gasteiger partial charge is 0.388 e. The van der Waals surface area contributed by atoms with E-state index in [0.29, 0.717) is 11.4 Å². The lowest BCUT2D eigenvalue weighted by molar-refractivity contribution is 0.0908. The van der Waals surface area contributed by atoms with Gasteiger partial charge in [-0.3, -0.25) is 5.10 Å². The highest BCUT2D eigenvalue weighted by molar-refractivity contribution is 7.98. The van der Waals surface area contributed by atoms with Crippen LogP contribution >= 0.6 is 11.8 Å². The number of hydrogen-bond acceptors (Lipinski definition) is 5. The molecule has 1 heterocycles. The Morgan fingerprint density at radius 1 is 1.65 bits per heavy atom. The van der Waals surface area contributed by atoms with Crippen LogP contribution in [0.2, 0.25) is 0 Å². The van der Waals surface area contributed by atoms with E-state index in [1.165, 1.54) is 18.0 Å². The minimum Gasteiger partial charge on any atom is -0.388 e. The Bertz CT molecular complexity index is 468. The zero-order valence-electron chi connectivity index (χ0n) is 10.0. The van der Waals surface area contributed by atoms with Gasteiger partial charge in [0.2, 0.25) is 10.0 Å². The summed E-state index contributed by atoms with van der Waals surface area (Å²) in [6.07, 6.45) is 3.10. The van der Waals surface area contributed by atoms with Gasteiger partial charge in [-0.2, -0.15) is 16.9 Å². The molecule has 1 aromatic heterocycles. The summed E-state index contributed by atoms with van der Waals surface area (Å²) in [5.74, 6) is 0.458. The maximum Gasteiger partial charge on any atom is 0.244 e. The lowest BCUT2D eigenvalue weighted by Gasteiger charge is -2.22. The van der Waals surface area contributed by atoms with Gasteiger partial charge in [-0.15, -0.1) is 0 Å². The SMILES string of the molecule is CSCC(C)(O)CNS(=O)(=O)c1cn[nH]c1C. The number of hydrogen-bond donors (Lipinski definition) is 3. The van der Waals surface area contributed by atoms with Crippen LogP contribution in [0.3, 0.4) is 0 Å². The quantitative estimate of drug-likeness (QED) is 0.687. The van der Waals surface area contributed by atoms with E-state index in [1.54, 1.807) is 13.8 Å². The predicted octanol–water partition coefficient (Wildman–Crippen LogP) is 0.110. The molecule has 0 amide bonds. The highest BCUT2D eigenvalue weighted by Gasteiger charge is 2.25. The topological polar surface area (TPSA) is 95.1 Å². The summed E-state index contributed by atoms with van der Waals surface area (Å²) < 4.78 is 26.1. The highest BCUT2D eigenvalue weighted by atomic mass is 32.2. The third kappa shape index (κ3) is 3.98. The first-order chi connectivity index (χ1) is 7.78. The smallest absolute Gasteiger partial charge is 0.244 e. The van der Waals surface area contributed by atoms with Crippen molar-refractivity contribution in [1.82, 2.24) is 14.9 Å². The summed E-state index contributed by atoms with van der Waals surface area (Å²) in [6.45, 7) is 3.19. The monoisotopic (exact) mass is 279 g/mol. The number of aromatic amines is 1. The fourth-order valence-electron chi connectivity index (χ4n) is 1.30. The second-order valence-corrected chi connectivity index (χ2v) is 6.72. The Hall–Kier alpha value is -0.570. The summed E-state index contributed by atoms with van der Waals surface area (Å²) in [4.78, 5) is 0.109. The molecule has 17 heavy (non-hydrogen) atoms. The van der Waals surface area contributed by atoms with Crippen molar-refractivity contribution in [2.75, 3.05) is 18.6 Å². The molecule has 0 aliphatic rings. The van der Waals surface area contributed by atoms with Gasteiger partial charge in [0.1, 0.15) is 4.90 Å². The average molecular weight is 279 g/mol. The second-order valence-electron chi connectivity index (χ2n) is 4.11. The van der Waals surface area contributed by atoms with Crippen molar-refractivity contribution < 1.29 is 13.5 Å². The lowest BCUT2D eigenvalue weighted by atomic mass is 10.1. The third-order valence-electron chi connectivity index (χ3n) is 2.17. The van der Waals surface area contributed by atoms with E-state index in [-0.39, 0.29) is 11.4 Å². The van der Waals surface area contributed by atoms with Gasteiger partial charge >= 0.3 is 0 Å². The first kappa shape index (κ1) is 14.5. The Morgan fingerprint density at radius 3 is 2.76 bits per heavy atom. The first-order valence-electron chi connectivity index (χ1n) is 4.99. The van der Waals surface area contributed by atoms with Crippen LogP contribution in [-0.4, -0.2) is 47.9 Å². The molecule has 1 aromatic rings. The number of aromatic nitrogens is 2. The molecular formula is C9H17N3O3S2. The van der Waals surface area contributed by atoms with E-state index >= 15 is 0 Å². The standard InChI is InChI=1S/C9H17N3O3S2/c1-7-8(4-10-12-7)17(14,15)11-5-9(2,13)6-16-3/h4,11,13H,5-6H2,1-3H3,(H,10,12). The van der Waals surface area contributed by atoms with Gasteiger partial charge in [0.15, 0.2) is 0 Å².